The average molecular weight is 175 g/mol. The summed E-state index contributed by atoms with van der Waals surface area (Å²) in [6.45, 7) is 7.95. The van der Waals surface area contributed by atoms with Gasteiger partial charge in [-0.25, -0.2) is 0 Å². The van der Waals surface area contributed by atoms with Crippen molar-refractivity contribution in [3.63, 3.8) is 0 Å². The minimum atomic E-state index is -0.432. The van der Waals surface area contributed by atoms with Crippen molar-refractivity contribution in [3.05, 3.63) is 0 Å². The number of nitrogens with two attached hydrogens (primary N) is 1. The van der Waals surface area contributed by atoms with Crippen LogP contribution in [-0.2, 0) is 9.47 Å². The van der Waals surface area contributed by atoms with E-state index in [1.54, 1.807) is 0 Å². The topological polar surface area (TPSA) is 44.5 Å². The first kappa shape index (κ1) is 11.9. The minimum Gasteiger partial charge on any atom is -0.350 e. The molecule has 0 aromatic heterocycles. The molecule has 0 unspecified atom stereocenters. The molecule has 0 bridgehead atoms. The fraction of sp³-hybridized carbons (Fsp3) is 1.00. The molecule has 0 aromatic carbocycles. The van der Waals surface area contributed by atoms with E-state index in [-0.39, 0.29) is 0 Å². The zero-order chi connectivity index (χ0) is 9.45. The second-order valence-electron chi connectivity index (χ2n) is 2.67. The molecule has 0 spiro atoms. The summed E-state index contributed by atoms with van der Waals surface area (Å²) in [7, 11) is 0. The molecular weight excluding hydrogens is 154 g/mol. The summed E-state index contributed by atoms with van der Waals surface area (Å²) in [5.74, 6) is -0.432. The van der Waals surface area contributed by atoms with Crippen molar-refractivity contribution in [2.75, 3.05) is 19.8 Å². The Balaban J connectivity index is 4.06. The van der Waals surface area contributed by atoms with Crippen LogP contribution in [0.5, 0.6) is 0 Å². The van der Waals surface area contributed by atoms with E-state index in [0.29, 0.717) is 19.8 Å². The van der Waals surface area contributed by atoms with Crippen molar-refractivity contribution in [2.24, 2.45) is 5.73 Å². The number of ether oxygens (including phenoxy) is 2. The van der Waals surface area contributed by atoms with E-state index >= 15 is 0 Å². The third-order valence-corrected chi connectivity index (χ3v) is 1.88. The highest BCUT2D eigenvalue weighted by atomic mass is 16.7. The Bertz CT molecular complexity index is 89.7. The molecule has 0 aliphatic rings. The van der Waals surface area contributed by atoms with Gasteiger partial charge in [0.25, 0.3) is 0 Å². The molecule has 0 aliphatic carbocycles. The SMILES string of the molecule is CCOC(CC)(CCN)OCC. The minimum absolute atomic E-state index is 0.432. The van der Waals surface area contributed by atoms with Crippen LogP contribution in [0.1, 0.15) is 33.6 Å². The molecule has 0 atom stereocenters. The van der Waals surface area contributed by atoms with Crippen molar-refractivity contribution < 1.29 is 9.47 Å². The quantitative estimate of drug-likeness (QED) is 0.596. The van der Waals surface area contributed by atoms with Crippen LogP contribution < -0.4 is 5.73 Å². The van der Waals surface area contributed by atoms with Gasteiger partial charge in [0.15, 0.2) is 5.79 Å². The van der Waals surface area contributed by atoms with Gasteiger partial charge in [0.2, 0.25) is 0 Å². The Kier molecular flexibility index (Phi) is 6.34. The largest absolute Gasteiger partial charge is 0.350 e. The summed E-state index contributed by atoms with van der Waals surface area (Å²) >= 11 is 0. The van der Waals surface area contributed by atoms with Gasteiger partial charge in [0.1, 0.15) is 0 Å². The Morgan fingerprint density at radius 3 is 1.83 bits per heavy atom. The molecule has 0 rings (SSSR count). The summed E-state index contributed by atoms with van der Waals surface area (Å²) in [6, 6.07) is 0. The van der Waals surface area contributed by atoms with Crippen LogP contribution in [0.2, 0.25) is 0 Å². The number of hydrogen-bond donors (Lipinski definition) is 1. The summed E-state index contributed by atoms with van der Waals surface area (Å²) in [4.78, 5) is 0. The second kappa shape index (κ2) is 6.40. The van der Waals surface area contributed by atoms with Crippen LogP contribution in [0, 0.1) is 0 Å². The smallest absolute Gasteiger partial charge is 0.169 e. The van der Waals surface area contributed by atoms with Crippen LogP contribution in [-0.4, -0.2) is 25.5 Å². The third kappa shape index (κ3) is 3.52. The molecule has 2 N–H and O–H groups in total. The maximum atomic E-state index is 5.56. The van der Waals surface area contributed by atoms with Gasteiger partial charge in [0.05, 0.1) is 0 Å². The van der Waals surface area contributed by atoms with Crippen LogP contribution in [0.3, 0.4) is 0 Å². The normalized spacial score (nSPS) is 12.0. The van der Waals surface area contributed by atoms with E-state index in [1.807, 2.05) is 13.8 Å². The monoisotopic (exact) mass is 175 g/mol. The van der Waals surface area contributed by atoms with E-state index in [1.165, 1.54) is 0 Å². The highest BCUT2D eigenvalue weighted by Gasteiger charge is 2.27. The molecule has 3 nitrogen and oxygen atoms in total. The third-order valence-electron chi connectivity index (χ3n) is 1.88. The first-order valence-corrected chi connectivity index (χ1v) is 4.72. The average Bonchev–Trinajstić information content (AvgIpc) is 2.06. The summed E-state index contributed by atoms with van der Waals surface area (Å²) in [5.41, 5.74) is 5.49. The maximum absolute atomic E-state index is 5.56. The highest BCUT2D eigenvalue weighted by Crippen LogP contribution is 2.21. The van der Waals surface area contributed by atoms with E-state index in [0.717, 1.165) is 12.8 Å². The lowest BCUT2D eigenvalue weighted by atomic mass is 10.1. The van der Waals surface area contributed by atoms with Gasteiger partial charge in [-0.05, 0) is 26.8 Å². The molecule has 12 heavy (non-hydrogen) atoms. The van der Waals surface area contributed by atoms with Crippen molar-refractivity contribution in [1.29, 1.82) is 0 Å². The Labute approximate surface area is 75.2 Å². The molecule has 0 radical (unpaired) electrons. The molecule has 0 saturated heterocycles. The summed E-state index contributed by atoms with van der Waals surface area (Å²) in [6.07, 6.45) is 1.62. The van der Waals surface area contributed by atoms with E-state index in [9.17, 15) is 0 Å². The molecule has 0 amide bonds. The first-order valence-electron chi connectivity index (χ1n) is 4.72. The second-order valence-corrected chi connectivity index (χ2v) is 2.67. The fourth-order valence-electron chi connectivity index (χ4n) is 1.31. The lowest BCUT2D eigenvalue weighted by Crippen LogP contribution is -2.37. The van der Waals surface area contributed by atoms with Gasteiger partial charge in [-0.15, -0.1) is 0 Å². The van der Waals surface area contributed by atoms with Gasteiger partial charge in [-0.2, -0.15) is 0 Å². The zero-order valence-electron chi connectivity index (χ0n) is 8.43. The van der Waals surface area contributed by atoms with E-state index in [4.69, 9.17) is 15.2 Å². The van der Waals surface area contributed by atoms with Crippen molar-refractivity contribution >= 4 is 0 Å². The standard InChI is InChI=1S/C9H21NO2/c1-4-9(7-8-10,11-5-2)12-6-3/h4-8,10H2,1-3H3. The molecule has 0 aliphatic heterocycles. The van der Waals surface area contributed by atoms with Crippen LogP contribution in [0.15, 0.2) is 0 Å². The Morgan fingerprint density at radius 2 is 1.58 bits per heavy atom. The Hall–Kier alpha value is -0.120. The van der Waals surface area contributed by atoms with Gasteiger partial charge in [-0.3, -0.25) is 0 Å². The van der Waals surface area contributed by atoms with Crippen molar-refractivity contribution in [1.82, 2.24) is 0 Å². The summed E-state index contributed by atoms with van der Waals surface area (Å²) < 4.78 is 11.1. The maximum Gasteiger partial charge on any atom is 0.169 e. The van der Waals surface area contributed by atoms with E-state index < -0.39 is 5.79 Å². The zero-order valence-corrected chi connectivity index (χ0v) is 8.43. The highest BCUT2D eigenvalue weighted by molar-refractivity contribution is 4.68. The molecule has 0 saturated carbocycles. The van der Waals surface area contributed by atoms with Crippen LogP contribution in [0.25, 0.3) is 0 Å². The van der Waals surface area contributed by atoms with E-state index in [2.05, 4.69) is 6.92 Å². The van der Waals surface area contributed by atoms with Crippen LogP contribution >= 0.6 is 0 Å². The van der Waals surface area contributed by atoms with Crippen molar-refractivity contribution in [2.45, 2.75) is 39.4 Å². The number of hydrogen-bond acceptors (Lipinski definition) is 3. The molecule has 0 fully saturated rings. The fourth-order valence-corrected chi connectivity index (χ4v) is 1.31. The van der Waals surface area contributed by atoms with Gasteiger partial charge < -0.3 is 15.2 Å². The van der Waals surface area contributed by atoms with Crippen LogP contribution in [0.4, 0.5) is 0 Å². The molecule has 74 valence electrons. The Morgan fingerprint density at radius 1 is 1.08 bits per heavy atom. The molecule has 3 heteroatoms. The van der Waals surface area contributed by atoms with Gasteiger partial charge in [0, 0.05) is 19.6 Å². The summed E-state index contributed by atoms with van der Waals surface area (Å²) in [5, 5.41) is 0. The number of rotatable bonds is 7. The molecular formula is C9H21NO2. The first-order chi connectivity index (χ1) is 5.74. The lowest BCUT2D eigenvalue weighted by Gasteiger charge is -2.31. The predicted molar refractivity (Wildman–Crippen MR) is 49.9 cm³/mol. The van der Waals surface area contributed by atoms with Gasteiger partial charge >= 0.3 is 0 Å². The lowest BCUT2D eigenvalue weighted by molar-refractivity contribution is -0.236. The van der Waals surface area contributed by atoms with Gasteiger partial charge in [-0.1, -0.05) is 6.92 Å². The molecule has 0 aromatic rings. The predicted octanol–water partition coefficient (Wildman–Crippen LogP) is 1.51. The van der Waals surface area contributed by atoms with Crippen molar-refractivity contribution in [3.8, 4) is 0 Å². The molecule has 0 heterocycles.